The largest absolute Gasteiger partial charge is 0.318 e. The number of anilines is 1. The molecule has 0 atom stereocenters. The van der Waals surface area contributed by atoms with E-state index < -0.39 is 21.7 Å². The number of nitrogens with one attached hydrogen (secondary N) is 1. The van der Waals surface area contributed by atoms with Gasteiger partial charge in [-0.3, -0.25) is 9.59 Å². The lowest BCUT2D eigenvalue weighted by Crippen LogP contribution is -2.24. The van der Waals surface area contributed by atoms with Crippen molar-refractivity contribution in [2.75, 3.05) is 5.32 Å². The summed E-state index contributed by atoms with van der Waals surface area (Å²) in [5, 5.41) is 7.43. The van der Waals surface area contributed by atoms with Crippen molar-refractivity contribution in [3.8, 4) is 0 Å². The maximum atomic E-state index is 11.5. The number of carbonyl (C=O) groups is 2. The molecule has 0 aromatic heterocycles. The van der Waals surface area contributed by atoms with Crippen LogP contribution in [0.4, 0.5) is 5.69 Å². The second kappa shape index (κ2) is 5.50. The third kappa shape index (κ3) is 3.62. The van der Waals surface area contributed by atoms with Gasteiger partial charge >= 0.3 is 0 Å². The van der Waals surface area contributed by atoms with Gasteiger partial charge in [-0.05, 0) is 31.0 Å². The summed E-state index contributed by atoms with van der Waals surface area (Å²) >= 11 is 0. The first-order valence-corrected chi connectivity index (χ1v) is 7.19. The van der Waals surface area contributed by atoms with Crippen LogP contribution in [0.5, 0.6) is 0 Å². The van der Waals surface area contributed by atoms with Crippen molar-refractivity contribution >= 4 is 27.4 Å². The van der Waals surface area contributed by atoms with Crippen molar-refractivity contribution < 1.29 is 18.0 Å². The molecule has 0 radical (unpaired) electrons. The number of rotatable bonds is 4. The standard InChI is InChI=1S/C12H16N2O4S/c1-4-10(15)12(16)14-9-6-7(2)5-8(3)11(9)19(13,17)18/h5-6H,4H2,1-3H3,(H,14,16)(H2,13,17,18). The molecule has 3 N–H and O–H groups in total. The topological polar surface area (TPSA) is 106 Å². The van der Waals surface area contributed by atoms with E-state index in [9.17, 15) is 18.0 Å². The van der Waals surface area contributed by atoms with Crippen LogP contribution in [0.15, 0.2) is 17.0 Å². The highest BCUT2D eigenvalue weighted by Crippen LogP contribution is 2.25. The molecule has 0 unspecified atom stereocenters. The molecule has 1 aromatic carbocycles. The summed E-state index contributed by atoms with van der Waals surface area (Å²) < 4.78 is 23.1. The van der Waals surface area contributed by atoms with Crippen LogP contribution in [-0.2, 0) is 19.6 Å². The first kappa shape index (κ1) is 15.3. The molecule has 0 heterocycles. The molecule has 1 rings (SSSR count). The average molecular weight is 284 g/mol. The maximum Gasteiger partial charge on any atom is 0.291 e. The fourth-order valence-electron chi connectivity index (χ4n) is 1.78. The fraction of sp³-hybridized carbons (Fsp3) is 0.333. The van der Waals surface area contributed by atoms with Crippen molar-refractivity contribution in [1.29, 1.82) is 0 Å². The predicted molar refractivity (Wildman–Crippen MR) is 71.2 cm³/mol. The molecule has 104 valence electrons. The first-order chi connectivity index (χ1) is 8.66. The van der Waals surface area contributed by atoms with Gasteiger partial charge in [-0.25, -0.2) is 13.6 Å². The molecule has 1 aromatic rings. The number of Topliss-reactive ketones (excluding diaryl/α,β-unsaturated/α-hetero) is 1. The fourth-order valence-corrected chi connectivity index (χ4v) is 2.70. The number of sulfonamides is 1. The number of carbonyl (C=O) groups excluding carboxylic acids is 2. The molecule has 0 aliphatic heterocycles. The first-order valence-electron chi connectivity index (χ1n) is 5.65. The number of amides is 1. The van der Waals surface area contributed by atoms with Crippen LogP contribution in [0.3, 0.4) is 0 Å². The van der Waals surface area contributed by atoms with Crippen molar-refractivity contribution in [3.63, 3.8) is 0 Å². The summed E-state index contributed by atoms with van der Waals surface area (Å²) in [5.41, 5.74) is 1.21. The van der Waals surface area contributed by atoms with Gasteiger partial charge in [0.05, 0.1) is 5.69 Å². The highest BCUT2D eigenvalue weighted by molar-refractivity contribution is 7.89. The third-order valence-electron chi connectivity index (χ3n) is 2.53. The Bertz CT molecular complexity index is 635. The summed E-state index contributed by atoms with van der Waals surface area (Å²) in [7, 11) is -3.98. The highest BCUT2D eigenvalue weighted by Gasteiger charge is 2.21. The molecule has 7 heteroatoms. The molecule has 6 nitrogen and oxygen atoms in total. The van der Waals surface area contributed by atoms with Crippen molar-refractivity contribution in [3.05, 3.63) is 23.3 Å². The quantitative estimate of drug-likeness (QED) is 0.800. The van der Waals surface area contributed by atoms with Gasteiger partial charge in [0, 0.05) is 6.42 Å². The minimum atomic E-state index is -3.98. The van der Waals surface area contributed by atoms with E-state index in [2.05, 4.69) is 5.32 Å². The average Bonchev–Trinajstić information content (AvgIpc) is 2.24. The number of hydrogen-bond donors (Lipinski definition) is 2. The van der Waals surface area contributed by atoms with Gasteiger partial charge in [-0.1, -0.05) is 13.0 Å². The number of primary sulfonamides is 1. The van der Waals surface area contributed by atoms with Crippen molar-refractivity contribution in [2.24, 2.45) is 5.14 Å². The molecular weight excluding hydrogens is 268 g/mol. The van der Waals surface area contributed by atoms with Crippen molar-refractivity contribution in [1.82, 2.24) is 0 Å². The van der Waals surface area contributed by atoms with Gasteiger partial charge in [-0.15, -0.1) is 0 Å². The predicted octanol–water partition coefficient (Wildman–Crippen LogP) is 0.868. The van der Waals surface area contributed by atoms with Gasteiger partial charge in [-0.2, -0.15) is 0 Å². The van der Waals surface area contributed by atoms with E-state index in [4.69, 9.17) is 5.14 Å². The molecule has 1 amide bonds. The zero-order chi connectivity index (χ0) is 14.8. The summed E-state index contributed by atoms with van der Waals surface area (Å²) in [5.74, 6) is -1.48. The lowest BCUT2D eigenvalue weighted by molar-refractivity contribution is -0.134. The number of benzene rings is 1. The lowest BCUT2D eigenvalue weighted by atomic mass is 10.1. The van der Waals surface area contributed by atoms with E-state index in [1.54, 1.807) is 26.8 Å². The Balaban J connectivity index is 3.35. The summed E-state index contributed by atoms with van der Waals surface area (Å²) in [6.45, 7) is 4.87. The SMILES string of the molecule is CCC(=O)C(=O)Nc1cc(C)cc(C)c1S(N)(=O)=O. The smallest absolute Gasteiger partial charge is 0.291 e. The summed E-state index contributed by atoms with van der Waals surface area (Å²) in [6.07, 6.45) is 0.0430. The van der Waals surface area contributed by atoms with Crippen molar-refractivity contribution in [2.45, 2.75) is 32.1 Å². The molecule has 0 fully saturated rings. The van der Waals surface area contributed by atoms with Crippen LogP contribution in [0, 0.1) is 13.8 Å². The minimum Gasteiger partial charge on any atom is -0.318 e. The molecule has 0 aliphatic rings. The Morgan fingerprint density at radius 1 is 1.26 bits per heavy atom. The van der Waals surface area contributed by atoms with E-state index in [0.717, 1.165) is 5.56 Å². The van der Waals surface area contributed by atoms with E-state index in [0.29, 0.717) is 5.56 Å². The third-order valence-corrected chi connectivity index (χ3v) is 3.64. The van der Waals surface area contributed by atoms with E-state index in [1.807, 2.05) is 0 Å². The van der Waals surface area contributed by atoms with E-state index in [-0.39, 0.29) is 17.0 Å². The monoisotopic (exact) mass is 284 g/mol. The zero-order valence-electron chi connectivity index (χ0n) is 11.0. The van der Waals surface area contributed by atoms with Gasteiger partial charge in [0.2, 0.25) is 15.8 Å². The van der Waals surface area contributed by atoms with Gasteiger partial charge in [0.25, 0.3) is 5.91 Å². The zero-order valence-corrected chi connectivity index (χ0v) is 11.8. The Morgan fingerprint density at radius 3 is 2.32 bits per heavy atom. The molecule has 0 aliphatic carbocycles. The second-order valence-corrected chi connectivity index (χ2v) is 5.73. The molecule has 0 spiro atoms. The molecular formula is C12H16N2O4S. The van der Waals surface area contributed by atoms with Crippen LogP contribution < -0.4 is 10.5 Å². The van der Waals surface area contributed by atoms with Crippen LogP contribution in [0.1, 0.15) is 24.5 Å². The van der Waals surface area contributed by atoms with Crippen LogP contribution >= 0.6 is 0 Å². The second-order valence-electron chi connectivity index (χ2n) is 4.23. The molecule has 19 heavy (non-hydrogen) atoms. The Morgan fingerprint density at radius 2 is 1.84 bits per heavy atom. The van der Waals surface area contributed by atoms with Crippen LogP contribution in [0.2, 0.25) is 0 Å². The number of nitrogens with two attached hydrogens (primary N) is 1. The number of ketones is 1. The number of aryl methyl sites for hydroxylation is 2. The van der Waals surface area contributed by atoms with Crippen LogP contribution in [0.25, 0.3) is 0 Å². The Kier molecular flexibility index (Phi) is 4.43. The summed E-state index contributed by atoms with van der Waals surface area (Å²) in [6, 6.07) is 3.10. The number of hydrogen-bond acceptors (Lipinski definition) is 4. The lowest BCUT2D eigenvalue weighted by Gasteiger charge is -2.12. The Labute approximate surface area is 112 Å². The highest BCUT2D eigenvalue weighted by atomic mass is 32.2. The van der Waals surface area contributed by atoms with Gasteiger partial charge in [0.1, 0.15) is 4.90 Å². The maximum absolute atomic E-state index is 11.5. The van der Waals surface area contributed by atoms with Gasteiger partial charge in [0.15, 0.2) is 0 Å². The molecule has 0 saturated carbocycles. The van der Waals surface area contributed by atoms with Gasteiger partial charge < -0.3 is 5.32 Å². The molecule has 0 saturated heterocycles. The normalized spacial score (nSPS) is 11.2. The Hall–Kier alpha value is -1.73. The minimum absolute atomic E-state index is 0.0341. The summed E-state index contributed by atoms with van der Waals surface area (Å²) in [4.78, 5) is 22.6. The van der Waals surface area contributed by atoms with E-state index >= 15 is 0 Å². The van der Waals surface area contributed by atoms with E-state index in [1.165, 1.54) is 6.07 Å². The van der Waals surface area contributed by atoms with Crippen LogP contribution in [-0.4, -0.2) is 20.1 Å². The molecule has 0 bridgehead atoms.